The molecule has 1 aliphatic heterocycles. The number of carbonyl (C=O) groups is 1. The smallest absolute Gasteiger partial charge is 0.317 e. The molecule has 0 saturated carbocycles. The lowest BCUT2D eigenvalue weighted by Crippen LogP contribution is -2.45. The third kappa shape index (κ3) is 3.19. The minimum Gasteiger partial charge on any atom is -0.488 e. The molecule has 2 amide bonds. The van der Waals surface area contributed by atoms with E-state index >= 15 is 0 Å². The fourth-order valence-corrected chi connectivity index (χ4v) is 2.17. The van der Waals surface area contributed by atoms with Crippen LogP contribution in [0.5, 0.6) is 5.75 Å². The summed E-state index contributed by atoms with van der Waals surface area (Å²) in [6.45, 7) is 4.67. The molecule has 1 heterocycles. The Kier molecular flexibility index (Phi) is 4.30. The van der Waals surface area contributed by atoms with Crippen LogP contribution in [-0.2, 0) is 6.42 Å². The SMILES string of the molecule is CCC(C)N(C)C(=O)NCC1Cc2ccccc2O1. The molecule has 2 rings (SSSR count). The van der Waals surface area contributed by atoms with Crippen LogP contribution in [0, 0.1) is 0 Å². The second-order valence-electron chi connectivity index (χ2n) is 5.11. The molecule has 0 radical (unpaired) electrons. The molecule has 19 heavy (non-hydrogen) atoms. The summed E-state index contributed by atoms with van der Waals surface area (Å²) in [5, 5.41) is 2.94. The van der Waals surface area contributed by atoms with Crippen molar-refractivity contribution in [2.75, 3.05) is 13.6 Å². The Balaban J connectivity index is 1.80. The molecular formula is C15H22N2O2. The maximum atomic E-state index is 11.9. The van der Waals surface area contributed by atoms with Crippen LogP contribution in [0.25, 0.3) is 0 Å². The Hall–Kier alpha value is -1.71. The molecule has 4 heteroatoms. The van der Waals surface area contributed by atoms with Crippen molar-refractivity contribution < 1.29 is 9.53 Å². The number of fused-ring (bicyclic) bond motifs is 1. The van der Waals surface area contributed by atoms with Crippen LogP contribution in [0.4, 0.5) is 4.79 Å². The van der Waals surface area contributed by atoms with E-state index in [0.717, 1.165) is 18.6 Å². The van der Waals surface area contributed by atoms with E-state index in [1.807, 2.05) is 32.2 Å². The van der Waals surface area contributed by atoms with Crippen molar-refractivity contribution in [3.63, 3.8) is 0 Å². The van der Waals surface area contributed by atoms with Crippen molar-refractivity contribution >= 4 is 6.03 Å². The quantitative estimate of drug-likeness (QED) is 0.905. The molecule has 1 aromatic carbocycles. The fraction of sp³-hybridized carbons (Fsp3) is 0.533. The highest BCUT2D eigenvalue weighted by Gasteiger charge is 2.23. The standard InChI is InChI=1S/C15H22N2O2/c1-4-11(2)17(3)15(18)16-10-13-9-12-7-5-6-8-14(12)19-13/h5-8,11,13H,4,9-10H2,1-3H3,(H,16,18). The summed E-state index contributed by atoms with van der Waals surface area (Å²) < 4.78 is 5.79. The van der Waals surface area contributed by atoms with Crippen LogP contribution < -0.4 is 10.1 Å². The molecular weight excluding hydrogens is 240 g/mol. The molecule has 0 fully saturated rings. The van der Waals surface area contributed by atoms with Gasteiger partial charge in [-0.15, -0.1) is 0 Å². The monoisotopic (exact) mass is 262 g/mol. The Labute approximate surface area is 114 Å². The van der Waals surface area contributed by atoms with Crippen molar-refractivity contribution in [2.45, 2.75) is 38.8 Å². The van der Waals surface area contributed by atoms with Crippen molar-refractivity contribution in [2.24, 2.45) is 0 Å². The Bertz CT molecular complexity index is 423. The van der Waals surface area contributed by atoms with Crippen LogP contribution in [-0.4, -0.2) is 36.7 Å². The van der Waals surface area contributed by atoms with Gasteiger partial charge >= 0.3 is 6.03 Å². The highest BCUT2D eigenvalue weighted by Crippen LogP contribution is 2.27. The number of hydrogen-bond donors (Lipinski definition) is 1. The third-order valence-corrected chi connectivity index (χ3v) is 3.77. The van der Waals surface area contributed by atoms with E-state index in [4.69, 9.17) is 4.74 Å². The molecule has 2 unspecified atom stereocenters. The fourth-order valence-electron chi connectivity index (χ4n) is 2.17. The molecule has 0 saturated heterocycles. The van der Waals surface area contributed by atoms with Crippen LogP contribution >= 0.6 is 0 Å². The van der Waals surface area contributed by atoms with Gasteiger partial charge in [-0.1, -0.05) is 25.1 Å². The van der Waals surface area contributed by atoms with E-state index in [9.17, 15) is 4.79 Å². The molecule has 1 N–H and O–H groups in total. The first kappa shape index (κ1) is 13.7. The van der Waals surface area contributed by atoms with Gasteiger partial charge < -0.3 is 15.0 Å². The zero-order chi connectivity index (χ0) is 13.8. The van der Waals surface area contributed by atoms with Gasteiger partial charge in [0, 0.05) is 19.5 Å². The summed E-state index contributed by atoms with van der Waals surface area (Å²) in [6, 6.07) is 8.25. The first-order valence-corrected chi connectivity index (χ1v) is 6.87. The summed E-state index contributed by atoms with van der Waals surface area (Å²) >= 11 is 0. The number of hydrogen-bond acceptors (Lipinski definition) is 2. The van der Waals surface area contributed by atoms with E-state index in [0.29, 0.717) is 6.54 Å². The van der Waals surface area contributed by atoms with E-state index in [1.54, 1.807) is 4.90 Å². The molecule has 1 aliphatic rings. The number of para-hydroxylation sites is 1. The number of rotatable bonds is 4. The zero-order valence-electron chi connectivity index (χ0n) is 11.8. The summed E-state index contributed by atoms with van der Waals surface area (Å²) in [6.07, 6.45) is 1.87. The second-order valence-corrected chi connectivity index (χ2v) is 5.11. The molecule has 0 aromatic heterocycles. The minimum atomic E-state index is -0.0334. The van der Waals surface area contributed by atoms with Crippen molar-refractivity contribution in [1.29, 1.82) is 0 Å². The van der Waals surface area contributed by atoms with Crippen molar-refractivity contribution in [3.05, 3.63) is 29.8 Å². The molecule has 1 aromatic rings. The zero-order valence-corrected chi connectivity index (χ0v) is 11.8. The molecule has 0 aliphatic carbocycles. The number of carbonyl (C=O) groups excluding carboxylic acids is 1. The van der Waals surface area contributed by atoms with Gasteiger partial charge in [-0.05, 0) is 25.0 Å². The predicted octanol–water partition coefficient (Wildman–Crippen LogP) is 2.43. The van der Waals surface area contributed by atoms with Gasteiger partial charge in [-0.3, -0.25) is 0 Å². The lowest BCUT2D eigenvalue weighted by Gasteiger charge is -2.24. The topological polar surface area (TPSA) is 41.6 Å². The van der Waals surface area contributed by atoms with Gasteiger partial charge in [0.1, 0.15) is 11.9 Å². The average molecular weight is 262 g/mol. The number of amides is 2. The number of nitrogens with zero attached hydrogens (tertiary/aromatic N) is 1. The molecule has 2 atom stereocenters. The number of ether oxygens (including phenoxy) is 1. The number of urea groups is 1. The van der Waals surface area contributed by atoms with E-state index in [-0.39, 0.29) is 18.2 Å². The van der Waals surface area contributed by atoms with Crippen molar-refractivity contribution in [1.82, 2.24) is 10.2 Å². The third-order valence-electron chi connectivity index (χ3n) is 3.77. The molecule has 104 valence electrons. The largest absolute Gasteiger partial charge is 0.488 e. The van der Waals surface area contributed by atoms with Gasteiger partial charge in [-0.2, -0.15) is 0 Å². The van der Waals surface area contributed by atoms with Crippen LogP contribution in [0.3, 0.4) is 0 Å². The highest BCUT2D eigenvalue weighted by molar-refractivity contribution is 5.74. The number of nitrogens with one attached hydrogen (secondary N) is 1. The minimum absolute atomic E-state index is 0.0334. The molecule has 0 spiro atoms. The van der Waals surface area contributed by atoms with Gasteiger partial charge in [0.05, 0.1) is 6.54 Å². The van der Waals surface area contributed by atoms with Crippen LogP contribution in [0.15, 0.2) is 24.3 Å². The average Bonchev–Trinajstić information content (AvgIpc) is 2.85. The summed E-state index contributed by atoms with van der Waals surface area (Å²) in [5.74, 6) is 0.942. The molecule has 0 bridgehead atoms. The Morgan fingerprint density at radius 1 is 1.53 bits per heavy atom. The van der Waals surface area contributed by atoms with E-state index < -0.39 is 0 Å². The molecule has 4 nitrogen and oxygen atoms in total. The van der Waals surface area contributed by atoms with Crippen LogP contribution in [0.1, 0.15) is 25.8 Å². The first-order chi connectivity index (χ1) is 9.11. The van der Waals surface area contributed by atoms with Crippen molar-refractivity contribution in [3.8, 4) is 5.75 Å². The lowest BCUT2D eigenvalue weighted by atomic mass is 10.1. The van der Waals surface area contributed by atoms with E-state index in [1.165, 1.54) is 5.56 Å². The maximum absolute atomic E-state index is 11.9. The van der Waals surface area contributed by atoms with E-state index in [2.05, 4.69) is 18.3 Å². The van der Waals surface area contributed by atoms with Crippen LogP contribution in [0.2, 0.25) is 0 Å². The highest BCUT2D eigenvalue weighted by atomic mass is 16.5. The Morgan fingerprint density at radius 2 is 2.26 bits per heavy atom. The van der Waals surface area contributed by atoms with Gasteiger partial charge in [-0.25, -0.2) is 4.79 Å². The second kappa shape index (κ2) is 5.95. The van der Waals surface area contributed by atoms with Gasteiger partial charge in [0.25, 0.3) is 0 Å². The summed E-state index contributed by atoms with van der Waals surface area (Å²) in [4.78, 5) is 13.7. The predicted molar refractivity (Wildman–Crippen MR) is 75.5 cm³/mol. The number of benzene rings is 1. The summed E-state index contributed by atoms with van der Waals surface area (Å²) in [7, 11) is 1.83. The Morgan fingerprint density at radius 3 is 2.95 bits per heavy atom. The normalized spacial score (nSPS) is 18.4. The van der Waals surface area contributed by atoms with Gasteiger partial charge in [0.2, 0.25) is 0 Å². The summed E-state index contributed by atoms with van der Waals surface area (Å²) in [5.41, 5.74) is 1.22. The maximum Gasteiger partial charge on any atom is 0.317 e. The lowest BCUT2D eigenvalue weighted by molar-refractivity contribution is 0.180. The van der Waals surface area contributed by atoms with Gasteiger partial charge in [0.15, 0.2) is 0 Å². The first-order valence-electron chi connectivity index (χ1n) is 6.87.